The van der Waals surface area contributed by atoms with Crippen molar-refractivity contribution in [2.45, 2.75) is 19.4 Å². The summed E-state index contributed by atoms with van der Waals surface area (Å²) in [5.41, 5.74) is 1.93. The molecule has 0 saturated heterocycles. The van der Waals surface area contributed by atoms with E-state index in [0.29, 0.717) is 22.8 Å². The maximum atomic E-state index is 13.1. The largest absolute Gasteiger partial charge is 0.497 e. The van der Waals surface area contributed by atoms with Crippen LogP contribution >= 0.6 is 0 Å². The van der Waals surface area contributed by atoms with Gasteiger partial charge in [-0.3, -0.25) is 19.3 Å². The van der Waals surface area contributed by atoms with Crippen molar-refractivity contribution in [2.75, 3.05) is 42.8 Å². The number of benzene rings is 2. The average molecular weight is 410 g/mol. The molecule has 2 aromatic carbocycles. The number of nitrogens with zero attached hydrogens (tertiary/aromatic N) is 2. The zero-order valence-corrected chi connectivity index (χ0v) is 17.3. The van der Waals surface area contributed by atoms with E-state index in [4.69, 9.17) is 4.74 Å². The number of likely N-dealkylation sites (N-methyl/N-ethyl adjacent to an activating group) is 1. The Morgan fingerprint density at radius 1 is 1.17 bits per heavy atom. The number of nitrogens with one attached hydrogen (secondary N) is 2. The van der Waals surface area contributed by atoms with Gasteiger partial charge in [0.25, 0.3) is 0 Å². The summed E-state index contributed by atoms with van der Waals surface area (Å²) in [6.45, 7) is 1.94. The smallest absolute Gasteiger partial charge is 0.241 e. The Morgan fingerprint density at radius 3 is 2.57 bits per heavy atom. The highest BCUT2D eigenvalue weighted by molar-refractivity contribution is 6.05. The molecule has 1 aliphatic rings. The van der Waals surface area contributed by atoms with E-state index in [-0.39, 0.29) is 43.3 Å². The molecule has 8 nitrogen and oxygen atoms in total. The van der Waals surface area contributed by atoms with Crippen LogP contribution in [-0.4, -0.2) is 55.9 Å². The third-order valence-corrected chi connectivity index (χ3v) is 4.82. The Kier molecular flexibility index (Phi) is 6.68. The third kappa shape index (κ3) is 5.15. The Bertz CT molecular complexity index is 929. The van der Waals surface area contributed by atoms with Crippen LogP contribution in [0.3, 0.4) is 0 Å². The third-order valence-electron chi connectivity index (χ3n) is 4.82. The van der Waals surface area contributed by atoms with Crippen molar-refractivity contribution in [1.29, 1.82) is 0 Å². The zero-order chi connectivity index (χ0) is 21.7. The summed E-state index contributed by atoms with van der Waals surface area (Å²) in [7, 11) is 3.29. The molecular formula is C22H26N4O4. The highest BCUT2D eigenvalue weighted by Crippen LogP contribution is 2.31. The molecule has 1 heterocycles. The van der Waals surface area contributed by atoms with Gasteiger partial charge < -0.3 is 20.3 Å². The fraction of sp³-hybridized carbons (Fsp3) is 0.318. The molecule has 8 heteroatoms. The quantitative estimate of drug-likeness (QED) is 0.763. The minimum atomic E-state index is -0.289. The van der Waals surface area contributed by atoms with Crippen LogP contribution in [0.2, 0.25) is 0 Å². The number of carbonyl (C=O) groups is 3. The summed E-state index contributed by atoms with van der Waals surface area (Å²) in [6.07, 6.45) is 0.210. The van der Waals surface area contributed by atoms with Crippen LogP contribution in [0.4, 0.5) is 17.1 Å². The molecular weight excluding hydrogens is 384 g/mol. The first-order valence-corrected chi connectivity index (χ1v) is 9.70. The van der Waals surface area contributed by atoms with E-state index in [1.807, 2.05) is 25.1 Å². The SMILES string of the molecule is COc1ccc(NC(=O)CN(C)CC(=O)N2c3ccccc3NC(=O)C[C@@H]2C)cc1. The van der Waals surface area contributed by atoms with Crippen molar-refractivity contribution in [3.63, 3.8) is 0 Å². The maximum absolute atomic E-state index is 13.1. The summed E-state index contributed by atoms with van der Waals surface area (Å²) in [4.78, 5) is 40.7. The van der Waals surface area contributed by atoms with Crippen molar-refractivity contribution < 1.29 is 19.1 Å². The van der Waals surface area contributed by atoms with Crippen molar-refractivity contribution in [3.8, 4) is 5.75 Å². The molecule has 2 aromatic rings. The molecule has 0 spiro atoms. The molecule has 0 aromatic heterocycles. The minimum absolute atomic E-state index is 0.0445. The number of hydrogen-bond acceptors (Lipinski definition) is 5. The number of hydrogen-bond donors (Lipinski definition) is 2. The summed E-state index contributed by atoms with van der Waals surface area (Å²) in [5, 5.41) is 5.64. The van der Waals surface area contributed by atoms with Crippen molar-refractivity contribution in [2.24, 2.45) is 0 Å². The molecule has 0 unspecified atom stereocenters. The van der Waals surface area contributed by atoms with E-state index in [2.05, 4.69) is 10.6 Å². The number of amides is 3. The lowest BCUT2D eigenvalue weighted by molar-refractivity contribution is -0.121. The van der Waals surface area contributed by atoms with Crippen LogP contribution in [0, 0.1) is 0 Å². The molecule has 3 rings (SSSR count). The summed E-state index contributed by atoms with van der Waals surface area (Å²) in [5.74, 6) is 0.177. The monoisotopic (exact) mass is 410 g/mol. The van der Waals surface area contributed by atoms with Gasteiger partial charge in [0.1, 0.15) is 5.75 Å². The number of anilines is 3. The average Bonchev–Trinajstić information content (AvgIpc) is 2.82. The van der Waals surface area contributed by atoms with Gasteiger partial charge in [-0.25, -0.2) is 0 Å². The van der Waals surface area contributed by atoms with Crippen LogP contribution < -0.4 is 20.3 Å². The Hall–Kier alpha value is -3.39. The molecule has 1 atom stereocenters. The van der Waals surface area contributed by atoms with Gasteiger partial charge in [-0.1, -0.05) is 12.1 Å². The summed E-state index contributed by atoms with van der Waals surface area (Å²) in [6, 6.07) is 14.0. The Balaban J connectivity index is 1.63. The first-order valence-electron chi connectivity index (χ1n) is 9.70. The minimum Gasteiger partial charge on any atom is -0.497 e. The fourth-order valence-corrected chi connectivity index (χ4v) is 3.45. The molecule has 0 aliphatic carbocycles. The lowest BCUT2D eigenvalue weighted by Gasteiger charge is -2.29. The van der Waals surface area contributed by atoms with Crippen LogP contribution in [0.5, 0.6) is 5.75 Å². The van der Waals surface area contributed by atoms with Gasteiger partial charge in [0.2, 0.25) is 17.7 Å². The highest BCUT2D eigenvalue weighted by Gasteiger charge is 2.30. The highest BCUT2D eigenvalue weighted by atomic mass is 16.5. The molecule has 0 radical (unpaired) electrons. The Labute approximate surface area is 175 Å². The summed E-state index contributed by atoms with van der Waals surface area (Å²) < 4.78 is 5.10. The molecule has 30 heavy (non-hydrogen) atoms. The van der Waals surface area contributed by atoms with E-state index in [9.17, 15) is 14.4 Å². The second kappa shape index (κ2) is 9.41. The fourth-order valence-electron chi connectivity index (χ4n) is 3.45. The van der Waals surface area contributed by atoms with Crippen LogP contribution in [-0.2, 0) is 14.4 Å². The van der Waals surface area contributed by atoms with E-state index >= 15 is 0 Å². The second-order valence-corrected chi connectivity index (χ2v) is 7.33. The van der Waals surface area contributed by atoms with E-state index < -0.39 is 0 Å². The summed E-state index contributed by atoms with van der Waals surface area (Å²) >= 11 is 0. The number of fused-ring (bicyclic) bond motifs is 1. The lowest BCUT2D eigenvalue weighted by Crippen LogP contribution is -2.45. The first kappa shape index (κ1) is 21.3. The number of para-hydroxylation sites is 2. The molecule has 0 fully saturated rings. The van der Waals surface area contributed by atoms with Gasteiger partial charge in [-0.15, -0.1) is 0 Å². The number of methoxy groups -OCH3 is 1. The molecule has 0 saturated carbocycles. The van der Waals surface area contributed by atoms with Gasteiger partial charge in [-0.2, -0.15) is 0 Å². The van der Waals surface area contributed by atoms with E-state index in [0.717, 1.165) is 0 Å². The van der Waals surface area contributed by atoms with Gasteiger partial charge >= 0.3 is 0 Å². The van der Waals surface area contributed by atoms with Gasteiger partial charge in [-0.05, 0) is 50.4 Å². The van der Waals surface area contributed by atoms with Crippen LogP contribution in [0.1, 0.15) is 13.3 Å². The van der Waals surface area contributed by atoms with Crippen LogP contribution in [0.15, 0.2) is 48.5 Å². The van der Waals surface area contributed by atoms with Gasteiger partial charge in [0.15, 0.2) is 0 Å². The Morgan fingerprint density at radius 2 is 1.87 bits per heavy atom. The molecule has 158 valence electrons. The zero-order valence-electron chi connectivity index (χ0n) is 17.3. The predicted octanol–water partition coefficient (Wildman–Crippen LogP) is 2.33. The van der Waals surface area contributed by atoms with Crippen molar-refractivity contribution in [1.82, 2.24) is 4.90 Å². The molecule has 3 amide bonds. The predicted molar refractivity (Wildman–Crippen MR) is 116 cm³/mol. The second-order valence-electron chi connectivity index (χ2n) is 7.33. The van der Waals surface area contributed by atoms with E-state index in [1.54, 1.807) is 54.3 Å². The maximum Gasteiger partial charge on any atom is 0.241 e. The van der Waals surface area contributed by atoms with Crippen molar-refractivity contribution >= 4 is 34.8 Å². The standard InChI is InChI=1S/C22H26N4O4/c1-15-12-20(27)24-18-6-4-5-7-19(18)26(15)22(29)14-25(2)13-21(28)23-16-8-10-17(30-3)11-9-16/h4-11,15H,12-14H2,1-3H3,(H,23,28)(H,24,27)/t15-/m0/s1. The number of ether oxygens (including phenoxy) is 1. The normalized spacial score (nSPS) is 15.8. The van der Waals surface area contributed by atoms with E-state index in [1.165, 1.54) is 0 Å². The first-order chi connectivity index (χ1) is 14.4. The van der Waals surface area contributed by atoms with Crippen LogP contribution in [0.25, 0.3) is 0 Å². The number of carbonyl (C=O) groups excluding carboxylic acids is 3. The molecule has 2 N–H and O–H groups in total. The van der Waals surface area contributed by atoms with Gasteiger partial charge in [0.05, 0.1) is 31.6 Å². The topological polar surface area (TPSA) is 91.0 Å². The molecule has 0 bridgehead atoms. The van der Waals surface area contributed by atoms with Gasteiger partial charge in [0, 0.05) is 18.2 Å². The van der Waals surface area contributed by atoms with Crippen molar-refractivity contribution in [3.05, 3.63) is 48.5 Å². The number of rotatable bonds is 6. The molecule has 1 aliphatic heterocycles. The lowest BCUT2D eigenvalue weighted by atomic mass is 10.1.